The number of anilines is 2. The summed E-state index contributed by atoms with van der Waals surface area (Å²) >= 11 is 0. The molecule has 10 heteroatoms. The van der Waals surface area contributed by atoms with Crippen LogP contribution < -0.4 is 10.2 Å². The normalized spacial score (nSPS) is 21.7. The van der Waals surface area contributed by atoms with Crippen molar-refractivity contribution in [1.82, 2.24) is 9.80 Å². The fraction of sp³-hybridized carbons (Fsp3) is 0.462. The summed E-state index contributed by atoms with van der Waals surface area (Å²) in [5.74, 6) is -2.76. The Morgan fingerprint density at radius 2 is 1.58 bits per heavy atom. The molecular weight excluding hydrogens is 473 g/mol. The SMILES string of the molecule is CC1CCCN1C1CCN(c2ccc(NC(=O)N3Cc4ccccc4C3)cc2)C1.O=C(O)C(F)(F)F. The Bertz CT molecular complexity index is 1050. The van der Waals surface area contributed by atoms with Crippen molar-refractivity contribution in [3.8, 4) is 0 Å². The minimum atomic E-state index is -5.08. The number of amides is 2. The molecule has 2 N–H and O–H groups in total. The zero-order chi connectivity index (χ0) is 25.9. The van der Waals surface area contributed by atoms with Gasteiger partial charge in [-0.15, -0.1) is 0 Å². The zero-order valence-electron chi connectivity index (χ0n) is 20.2. The van der Waals surface area contributed by atoms with E-state index in [1.807, 2.05) is 29.2 Å². The van der Waals surface area contributed by atoms with Crippen LogP contribution in [0, 0.1) is 0 Å². The minimum absolute atomic E-state index is 0.0294. The van der Waals surface area contributed by atoms with E-state index in [0.29, 0.717) is 19.1 Å². The Morgan fingerprint density at radius 3 is 2.11 bits per heavy atom. The van der Waals surface area contributed by atoms with Gasteiger partial charge in [0.2, 0.25) is 0 Å². The molecule has 0 aromatic heterocycles. The maximum atomic E-state index is 12.6. The molecule has 7 nitrogen and oxygen atoms in total. The number of urea groups is 1. The number of carbonyl (C=O) groups excluding carboxylic acids is 1. The number of likely N-dealkylation sites (tertiary alicyclic amines) is 1. The van der Waals surface area contributed by atoms with Gasteiger partial charge < -0.3 is 20.2 Å². The van der Waals surface area contributed by atoms with Crippen LogP contribution in [-0.2, 0) is 17.9 Å². The minimum Gasteiger partial charge on any atom is -0.475 e. The van der Waals surface area contributed by atoms with Gasteiger partial charge in [0, 0.05) is 49.6 Å². The number of alkyl halides is 3. The van der Waals surface area contributed by atoms with E-state index in [9.17, 15) is 18.0 Å². The number of nitrogens with zero attached hydrogens (tertiary/aromatic N) is 3. The van der Waals surface area contributed by atoms with Crippen molar-refractivity contribution in [2.45, 2.75) is 57.5 Å². The molecule has 0 bridgehead atoms. The molecule has 0 saturated carbocycles. The molecule has 2 atom stereocenters. The van der Waals surface area contributed by atoms with Crippen molar-refractivity contribution in [1.29, 1.82) is 0 Å². The molecule has 2 aromatic carbocycles. The van der Waals surface area contributed by atoms with Crippen LogP contribution in [0.1, 0.15) is 37.3 Å². The van der Waals surface area contributed by atoms with E-state index in [1.54, 1.807) is 0 Å². The van der Waals surface area contributed by atoms with E-state index >= 15 is 0 Å². The van der Waals surface area contributed by atoms with Crippen LogP contribution in [0.2, 0.25) is 0 Å². The molecule has 3 heterocycles. The van der Waals surface area contributed by atoms with Gasteiger partial charge in [0.15, 0.2) is 0 Å². The standard InChI is InChI=1S/C24H30N4O.C2HF3O2/c1-18-5-4-13-28(18)23-12-14-26(17-23)22-10-8-21(9-11-22)25-24(29)27-15-19-6-2-3-7-20(19)16-27;3-2(4,5)1(6)7/h2-3,6-11,18,23H,4-5,12-17H2,1H3,(H,25,29);(H,6,7). The van der Waals surface area contributed by atoms with E-state index in [0.717, 1.165) is 24.8 Å². The summed E-state index contributed by atoms with van der Waals surface area (Å²) in [5, 5.41) is 10.2. The molecule has 3 aliphatic heterocycles. The largest absolute Gasteiger partial charge is 0.490 e. The number of aliphatic carboxylic acids is 1. The van der Waals surface area contributed by atoms with Crippen molar-refractivity contribution >= 4 is 23.4 Å². The van der Waals surface area contributed by atoms with Gasteiger partial charge in [0.25, 0.3) is 0 Å². The van der Waals surface area contributed by atoms with E-state index in [-0.39, 0.29) is 6.03 Å². The average Bonchev–Trinajstić information content (AvgIpc) is 3.58. The van der Waals surface area contributed by atoms with Crippen molar-refractivity contribution in [3.05, 3.63) is 59.7 Å². The average molecular weight is 505 g/mol. The lowest BCUT2D eigenvalue weighted by Crippen LogP contribution is -2.39. The van der Waals surface area contributed by atoms with Gasteiger partial charge >= 0.3 is 18.2 Å². The van der Waals surface area contributed by atoms with Crippen LogP contribution in [0.5, 0.6) is 0 Å². The summed E-state index contributed by atoms with van der Waals surface area (Å²) < 4.78 is 31.7. The fourth-order valence-corrected chi connectivity index (χ4v) is 5.18. The second kappa shape index (κ2) is 10.8. The van der Waals surface area contributed by atoms with Gasteiger partial charge in [-0.3, -0.25) is 4.90 Å². The number of nitrogens with one attached hydrogen (secondary N) is 1. The maximum Gasteiger partial charge on any atom is 0.490 e. The summed E-state index contributed by atoms with van der Waals surface area (Å²) in [6.07, 6.45) is -1.15. The monoisotopic (exact) mass is 504 g/mol. The first kappa shape index (κ1) is 25.8. The number of rotatable bonds is 3. The third-order valence-corrected chi connectivity index (χ3v) is 7.09. The van der Waals surface area contributed by atoms with Gasteiger partial charge in [-0.25, -0.2) is 9.59 Å². The second-order valence-electron chi connectivity index (χ2n) is 9.52. The number of hydrogen-bond acceptors (Lipinski definition) is 4. The lowest BCUT2D eigenvalue weighted by atomic mass is 10.1. The number of carboxylic acids is 1. The molecule has 2 amide bonds. The molecular formula is C26H31F3N4O3. The van der Waals surface area contributed by atoms with Crippen molar-refractivity contribution in [3.63, 3.8) is 0 Å². The highest BCUT2D eigenvalue weighted by Gasteiger charge is 2.38. The summed E-state index contributed by atoms with van der Waals surface area (Å²) in [6.45, 7) is 7.22. The second-order valence-corrected chi connectivity index (χ2v) is 9.52. The van der Waals surface area contributed by atoms with Gasteiger partial charge in [-0.2, -0.15) is 13.2 Å². The Morgan fingerprint density at radius 1 is 0.972 bits per heavy atom. The number of carboxylic acid groups (broad SMARTS) is 1. The number of hydrogen-bond donors (Lipinski definition) is 2. The smallest absolute Gasteiger partial charge is 0.475 e. The number of benzene rings is 2. The van der Waals surface area contributed by atoms with Crippen LogP contribution in [0.15, 0.2) is 48.5 Å². The van der Waals surface area contributed by atoms with E-state index in [4.69, 9.17) is 9.90 Å². The highest BCUT2D eigenvalue weighted by Crippen LogP contribution is 2.29. The summed E-state index contributed by atoms with van der Waals surface area (Å²) in [7, 11) is 0. The van der Waals surface area contributed by atoms with Gasteiger partial charge in [0.1, 0.15) is 0 Å². The first-order chi connectivity index (χ1) is 17.1. The topological polar surface area (TPSA) is 76.1 Å². The molecule has 2 saturated heterocycles. The predicted molar refractivity (Wildman–Crippen MR) is 131 cm³/mol. The zero-order valence-corrected chi connectivity index (χ0v) is 20.2. The Hall–Kier alpha value is -3.27. The van der Waals surface area contributed by atoms with Crippen molar-refractivity contribution < 1.29 is 27.9 Å². The lowest BCUT2D eigenvalue weighted by molar-refractivity contribution is -0.192. The lowest BCUT2D eigenvalue weighted by Gasteiger charge is -2.28. The van der Waals surface area contributed by atoms with Crippen LogP contribution in [0.25, 0.3) is 0 Å². The van der Waals surface area contributed by atoms with Crippen LogP contribution in [-0.4, -0.2) is 64.8 Å². The molecule has 36 heavy (non-hydrogen) atoms. The molecule has 0 spiro atoms. The van der Waals surface area contributed by atoms with Gasteiger partial charge in [-0.1, -0.05) is 24.3 Å². The van der Waals surface area contributed by atoms with Crippen molar-refractivity contribution in [2.24, 2.45) is 0 Å². The first-order valence-corrected chi connectivity index (χ1v) is 12.2. The third-order valence-electron chi connectivity index (χ3n) is 7.09. The third kappa shape index (κ3) is 6.10. The molecule has 2 unspecified atom stereocenters. The Labute approximate surface area is 208 Å². The molecule has 2 fully saturated rings. The quantitative estimate of drug-likeness (QED) is 0.620. The van der Waals surface area contributed by atoms with E-state index in [2.05, 4.69) is 46.3 Å². The molecule has 0 radical (unpaired) electrons. The molecule has 0 aliphatic carbocycles. The molecule has 194 valence electrons. The fourth-order valence-electron chi connectivity index (χ4n) is 5.18. The number of carbonyl (C=O) groups is 2. The molecule has 3 aliphatic rings. The van der Waals surface area contributed by atoms with Gasteiger partial charge in [-0.05, 0) is 68.1 Å². The van der Waals surface area contributed by atoms with Gasteiger partial charge in [0.05, 0.1) is 0 Å². The number of fused-ring (bicyclic) bond motifs is 1. The summed E-state index contributed by atoms with van der Waals surface area (Å²) in [6, 6.07) is 18.0. The van der Waals surface area contributed by atoms with Crippen LogP contribution in [0.3, 0.4) is 0 Å². The molecule has 2 aromatic rings. The first-order valence-electron chi connectivity index (χ1n) is 12.2. The van der Waals surface area contributed by atoms with Crippen LogP contribution >= 0.6 is 0 Å². The van der Waals surface area contributed by atoms with Crippen LogP contribution in [0.4, 0.5) is 29.3 Å². The summed E-state index contributed by atoms with van der Waals surface area (Å²) in [5.41, 5.74) is 4.60. The summed E-state index contributed by atoms with van der Waals surface area (Å²) in [4.78, 5) is 28.6. The Balaban J connectivity index is 0.000000384. The predicted octanol–water partition coefficient (Wildman–Crippen LogP) is 4.93. The number of halogens is 3. The van der Waals surface area contributed by atoms with E-state index in [1.165, 1.54) is 42.6 Å². The maximum absolute atomic E-state index is 12.6. The molecule has 5 rings (SSSR count). The highest BCUT2D eigenvalue weighted by molar-refractivity contribution is 5.90. The van der Waals surface area contributed by atoms with Crippen molar-refractivity contribution in [2.75, 3.05) is 29.9 Å². The Kier molecular flexibility index (Phi) is 7.73. The highest BCUT2D eigenvalue weighted by atomic mass is 19.4. The van der Waals surface area contributed by atoms with E-state index < -0.39 is 12.1 Å².